The van der Waals surface area contributed by atoms with Crippen molar-refractivity contribution in [3.63, 3.8) is 0 Å². The fourth-order valence-corrected chi connectivity index (χ4v) is 5.13. The number of hydrogen-bond donors (Lipinski definition) is 1. The number of anilines is 2. The minimum Gasteiger partial charge on any atom is -0.280 e. The van der Waals surface area contributed by atoms with Gasteiger partial charge in [-0.25, -0.2) is 21.2 Å². The Morgan fingerprint density at radius 3 is 2.38 bits per heavy atom. The first kappa shape index (κ1) is 16.7. The second kappa shape index (κ2) is 6.06. The molecular weight excluding hydrogens is 355 g/mol. The van der Waals surface area contributed by atoms with Gasteiger partial charge < -0.3 is 0 Å². The Balaban J connectivity index is 1.82. The van der Waals surface area contributed by atoms with Crippen LogP contribution in [0.4, 0.5) is 15.8 Å². The Bertz CT molecular complexity index is 957. The van der Waals surface area contributed by atoms with Crippen molar-refractivity contribution in [1.29, 1.82) is 0 Å². The summed E-state index contributed by atoms with van der Waals surface area (Å²) in [6.07, 6.45) is 0.566. The highest BCUT2D eigenvalue weighted by atomic mass is 32.2. The van der Waals surface area contributed by atoms with Crippen LogP contribution >= 0.6 is 0 Å². The lowest BCUT2D eigenvalue weighted by molar-refractivity contribution is 0.595. The van der Waals surface area contributed by atoms with E-state index in [4.69, 9.17) is 0 Å². The number of halogens is 1. The first-order chi connectivity index (χ1) is 11.3. The summed E-state index contributed by atoms with van der Waals surface area (Å²) in [4.78, 5) is -0.186. The average Bonchev–Trinajstić information content (AvgIpc) is 2.87. The normalized spacial score (nSPS) is 17.0. The first-order valence-corrected chi connectivity index (χ1v) is 10.3. The maximum Gasteiger partial charge on any atom is 0.261 e. The van der Waals surface area contributed by atoms with Crippen molar-refractivity contribution in [2.75, 3.05) is 21.3 Å². The molecule has 0 atom stereocenters. The zero-order valence-electron chi connectivity index (χ0n) is 12.5. The Labute approximate surface area is 140 Å². The molecule has 1 aliphatic heterocycles. The fraction of sp³-hybridized carbons (Fsp3) is 0.200. The van der Waals surface area contributed by atoms with Gasteiger partial charge in [0.15, 0.2) is 0 Å². The Hall–Kier alpha value is -2.13. The molecule has 1 fully saturated rings. The van der Waals surface area contributed by atoms with Crippen LogP contribution < -0.4 is 9.03 Å². The molecule has 2 aromatic carbocycles. The molecule has 3 rings (SSSR count). The molecule has 0 spiro atoms. The van der Waals surface area contributed by atoms with Gasteiger partial charge >= 0.3 is 0 Å². The van der Waals surface area contributed by atoms with Crippen LogP contribution in [0.5, 0.6) is 0 Å². The van der Waals surface area contributed by atoms with E-state index in [0.717, 1.165) is 12.1 Å². The number of hydrogen-bond acceptors (Lipinski definition) is 4. The first-order valence-electron chi connectivity index (χ1n) is 7.17. The van der Waals surface area contributed by atoms with Crippen LogP contribution in [0, 0.1) is 5.82 Å². The van der Waals surface area contributed by atoms with Gasteiger partial charge in [-0.2, -0.15) is 0 Å². The summed E-state index contributed by atoms with van der Waals surface area (Å²) in [7, 11) is -7.20. The molecular formula is C15H15FN2O4S2. The van der Waals surface area contributed by atoms with E-state index < -0.39 is 25.9 Å². The summed E-state index contributed by atoms with van der Waals surface area (Å²) in [5.74, 6) is -0.534. The smallest absolute Gasteiger partial charge is 0.261 e. The van der Waals surface area contributed by atoms with Crippen molar-refractivity contribution >= 4 is 31.4 Å². The predicted octanol–water partition coefficient (Wildman–Crippen LogP) is 2.17. The highest BCUT2D eigenvalue weighted by Gasteiger charge is 2.28. The quantitative estimate of drug-likeness (QED) is 0.894. The molecule has 0 aromatic heterocycles. The molecule has 0 amide bonds. The van der Waals surface area contributed by atoms with Crippen molar-refractivity contribution in [2.24, 2.45) is 0 Å². The highest BCUT2D eigenvalue weighted by molar-refractivity contribution is 7.93. The lowest BCUT2D eigenvalue weighted by Gasteiger charge is -2.17. The SMILES string of the molecule is O=S(=O)(Nc1ccc(N2CCCS2(=O)=O)cc1)c1cccc(F)c1. The van der Waals surface area contributed by atoms with Gasteiger partial charge in [-0.05, 0) is 48.9 Å². The van der Waals surface area contributed by atoms with E-state index in [2.05, 4.69) is 4.72 Å². The second-order valence-corrected chi connectivity index (χ2v) is 9.05. The Morgan fingerprint density at radius 1 is 1.08 bits per heavy atom. The van der Waals surface area contributed by atoms with Crippen molar-refractivity contribution in [3.05, 3.63) is 54.3 Å². The maximum atomic E-state index is 13.2. The summed E-state index contributed by atoms with van der Waals surface area (Å²) in [5.41, 5.74) is 0.751. The molecule has 1 aliphatic rings. The van der Waals surface area contributed by atoms with Crippen LogP contribution in [0.2, 0.25) is 0 Å². The van der Waals surface area contributed by atoms with Crippen molar-refractivity contribution in [2.45, 2.75) is 11.3 Å². The molecule has 0 bridgehead atoms. The topological polar surface area (TPSA) is 83.6 Å². The number of sulfonamides is 2. The van der Waals surface area contributed by atoms with Gasteiger partial charge in [0.05, 0.1) is 16.3 Å². The lowest BCUT2D eigenvalue weighted by atomic mass is 10.3. The predicted molar refractivity (Wildman–Crippen MR) is 89.4 cm³/mol. The fourth-order valence-electron chi connectivity index (χ4n) is 2.47. The van der Waals surface area contributed by atoms with Gasteiger partial charge in [0.25, 0.3) is 10.0 Å². The van der Waals surface area contributed by atoms with Crippen LogP contribution in [0.15, 0.2) is 53.4 Å². The highest BCUT2D eigenvalue weighted by Crippen LogP contribution is 2.26. The van der Waals surface area contributed by atoms with Crippen LogP contribution in [-0.2, 0) is 20.0 Å². The summed E-state index contributed by atoms with van der Waals surface area (Å²) >= 11 is 0. The molecule has 1 heterocycles. The van der Waals surface area contributed by atoms with Crippen LogP contribution in [0.25, 0.3) is 0 Å². The van der Waals surface area contributed by atoms with Gasteiger partial charge in [0.1, 0.15) is 5.82 Å². The molecule has 2 aromatic rings. The molecule has 0 unspecified atom stereocenters. The molecule has 0 aliphatic carbocycles. The van der Waals surface area contributed by atoms with Crippen LogP contribution in [0.1, 0.15) is 6.42 Å². The molecule has 0 radical (unpaired) electrons. The minimum atomic E-state index is -3.91. The zero-order valence-corrected chi connectivity index (χ0v) is 14.1. The average molecular weight is 370 g/mol. The number of benzene rings is 2. The van der Waals surface area contributed by atoms with E-state index in [1.807, 2.05) is 0 Å². The van der Waals surface area contributed by atoms with Gasteiger partial charge in [-0.3, -0.25) is 9.03 Å². The largest absolute Gasteiger partial charge is 0.280 e. The molecule has 24 heavy (non-hydrogen) atoms. The zero-order chi connectivity index (χ0) is 17.4. The van der Waals surface area contributed by atoms with Gasteiger partial charge in [0, 0.05) is 12.2 Å². The monoisotopic (exact) mass is 370 g/mol. The van der Waals surface area contributed by atoms with Gasteiger partial charge in [-0.1, -0.05) is 6.07 Å². The van der Waals surface area contributed by atoms with Gasteiger partial charge in [-0.15, -0.1) is 0 Å². The van der Waals surface area contributed by atoms with Gasteiger partial charge in [0.2, 0.25) is 10.0 Å². The third-order valence-corrected chi connectivity index (χ3v) is 6.86. The minimum absolute atomic E-state index is 0.112. The summed E-state index contributed by atoms with van der Waals surface area (Å²) < 4.78 is 65.0. The second-order valence-electron chi connectivity index (χ2n) is 5.35. The maximum absolute atomic E-state index is 13.2. The third-order valence-electron chi connectivity index (χ3n) is 3.61. The summed E-state index contributed by atoms with van der Waals surface area (Å²) in [5, 5.41) is 0. The van der Waals surface area contributed by atoms with Crippen LogP contribution in [-0.4, -0.2) is 29.1 Å². The van der Waals surface area contributed by atoms with Crippen molar-refractivity contribution < 1.29 is 21.2 Å². The Morgan fingerprint density at radius 2 is 1.79 bits per heavy atom. The molecule has 0 saturated carbocycles. The standard InChI is InChI=1S/C15H15FN2O4S2/c16-12-3-1-4-15(11-12)24(21,22)17-13-5-7-14(8-6-13)18-9-2-10-23(18,19)20/h1,3-8,11,17H,2,9-10H2. The van der Waals surface area contributed by atoms with E-state index in [1.54, 1.807) is 0 Å². The molecule has 128 valence electrons. The Kier molecular flexibility index (Phi) is 4.22. The lowest BCUT2D eigenvalue weighted by Crippen LogP contribution is -2.25. The summed E-state index contributed by atoms with van der Waals surface area (Å²) in [6.45, 7) is 0.413. The van der Waals surface area contributed by atoms with E-state index in [0.29, 0.717) is 18.7 Å². The number of nitrogens with one attached hydrogen (secondary N) is 1. The molecule has 9 heteroatoms. The number of nitrogens with zero attached hydrogens (tertiary/aromatic N) is 1. The van der Waals surface area contributed by atoms with E-state index in [9.17, 15) is 21.2 Å². The van der Waals surface area contributed by atoms with Crippen LogP contribution in [0.3, 0.4) is 0 Å². The molecule has 1 saturated heterocycles. The molecule has 1 N–H and O–H groups in total. The van der Waals surface area contributed by atoms with Crippen molar-refractivity contribution in [3.8, 4) is 0 Å². The number of rotatable bonds is 4. The molecule has 6 nitrogen and oxygen atoms in total. The third kappa shape index (κ3) is 3.36. The van der Waals surface area contributed by atoms with Crippen molar-refractivity contribution in [1.82, 2.24) is 0 Å². The van der Waals surface area contributed by atoms with E-state index >= 15 is 0 Å². The van der Waals surface area contributed by atoms with E-state index in [1.165, 1.54) is 40.7 Å². The summed E-state index contributed by atoms with van der Waals surface area (Å²) in [6, 6.07) is 10.7. The van der Waals surface area contributed by atoms with E-state index in [-0.39, 0.29) is 16.3 Å².